The molecule has 156 valence electrons. The number of hydrogen-bond acceptors (Lipinski definition) is 7. The van der Waals surface area contributed by atoms with Crippen molar-refractivity contribution >= 4 is 25.7 Å². The van der Waals surface area contributed by atoms with Gasteiger partial charge in [-0.15, -0.1) is 0 Å². The molecule has 0 bridgehead atoms. The average molecular weight is 434 g/mol. The molecule has 0 fully saturated rings. The van der Waals surface area contributed by atoms with Crippen molar-refractivity contribution in [1.82, 2.24) is 4.98 Å². The van der Waals surface area contributed by atoms with Crippen LogP contribution in [0.1, 0.15) is 5.56 Å². The third-order valence-electron chi connectivity index (χ3n) is 3.40. The monoisotopic (exact) mass is 433 g/mol. The van der Waals surface area contributed by atoms with Crippen molar-refractivity contribution in [2.75, 3.05) is 33.5 Å². The summed E-state index contributed by atoms with van der Waals surface area (Å²) < 4.78 is 35.1. The lowest BCUT2D eigenvalue weighted by atomic mass is 10.3. The van der Waals surface area contributed by atoms with Gasteiger partial charge in [-0.1, -0.05) is 6.07 Å². The predicted molar refractivity (Wildman–Crippen MR) is 112 cm³/mol. The van der Waals surface area contributed by atoms with Crippen LogP contribution in [0.25, 0.3) is 0 Å². The molecule has 0 spiro atoms. The Morgan fingerprint density at radius 1 is 0.815 bits per heavy atom. The molecule has 1 rings (SSSR count). The van der Waals surface area contributed by atoms with E-state index >= 15 is 0 Å². The Bertz CT molecular complexity index is 531. The van der Waals surface area contributed by atoms with Crippen LogP contribution >= 0.6 is 0 Å². The molecule has 1 heterocycles. The van der Waals surface area contributed by atoms with Crippen molar-refractivity contribution in [3.05, 3.63) is 30.1 Å². The molecular formula is C17H35NO6Si3. The molecule has 0 unspecified atom stereocenters. The standard InChI is InChI=1S/C17H35NO6Si3/c1-19-11-12-20-13-14-21-25(2,3)23-27(6,7)24-26(4,5)22-16-17-9-8-10-18-15-17/h8-10,15H,11-14,16H2,1-7H3. The fraction of sp³-hybridized carbons (Fsp3) is 0.706. The lowest BCUT2D eigenvalue weighted by Crippen LogP contribution is -2.54. The maximum Gasteiger partial charge on any atom is 0.323 e. The first-order chi connectivity index (χ1) is 12.6. The number of hydrogen-bond donors (Lipinski definition) is 0. The normalized spacial score (nSPS) is 13.1. The molecule has 0 atom stereocenters. The summed E-state index contributed by atoms with van der Waals surface area (Å²) >= 11 is 0. The molecule has 0 amide bonds. The zero-order chi connectivity index (χ0) is 20.4. The summed E-state index contributed by atoms with van der Waals surface area (Å²) in [6.07, 6.45) is 3.56. The van der Waals surface area contributed by atoms with Gasteiger partial charge >= 0.3 is 25.7 Å². The Morgan fingerprint density at radius 2 is 1.44 bits per heavy atom. The smallest absolute Gasteiger partial charge is 0.323 e. The fourth-order valence-electron chi connectivity index (χ4n) is 2.59. The van der Waals surface area contributed by atoms with Gasteiger partial charge in [0, 0.05) is 19.5 Å². The van der Waals surface area contributed by atoms with Gasteiger partial charge in [0.1, 0.15) is 0 Å². The highest BCUT2D eigenvalue weighted by molar-refractivity contribution is 6.84. The molecule has 7 nitrogen and oxygen atoms in total. The maximum absolute atomic E-state index is 6.36. The van der Waals surface area contributed by atoms with Crippen molar-refractivity contribution in [1.29, 1.82) is 0 Å². The molecule has 0 saturated carbocycles. The minimum absolute atomic E-state index is 0.494. The van der Waals surface area contributed by atoms with Gasteiger partial charge in [0.15, 0.2) is 0 Å². The fourth-order valence-corrected chi connectivity index (χ4v) is 14.2. The lowest BCUT2D eigenvalue weighted by molar-refractivity contribution is 0.0489. The van der Waals surface area contributed by atoms with Gasteiger partial charge in [-0.05, 0) is 50.9 Å². The number of ether oxygens (including phenoxy) is 2. The van der Waals surface area contributed by atoms with Gasteiger partial charge < -0.3 is 26.6 Å². The summed E-state index contributed by atoms with van der Waals surface area (Å²) in [6.45, 7) is 14.9. The van der Waals surface area contributed by atoms with Crippen LogP contribution in [0.2, 0.25) is 39.3 Å². The molecule has 0 radical (unpaired) electrons. The molecule has 0 saturated heterocycles. The highest BCUT2D eigenvalue weighted by Gasteiger charge is 2.41. The number of aromatic nitrogens is 1. The molecule has 0 aliphatic heterocycles. The third kappa shape index (κ3) is 11.9. The first kappa shape index (κ1) is 24.6. The van der Waals surface area contributed by atoms with E-state index in [-0.39, 0.29) is 0 Å². The molecule has 27 heavy (non-hydrogen) atoms. The van der Waals surface area contributed by atoms with Crippen LogP contribution in [0.5, 0.6) is 0 Å². The summed E-state index contributed by atoms with van der Waals surface area (Å²) in [4.78, 5) is 4.11. The number of nitrogens with zero attached hydrogens (tertiary/aromatic N) is 1. The number of rotatable bonds is 14. The Labute approximate surface area is 167 Å². The van der Waals surface area contributed by atoms with Crippen LogP contribution in [-0.4, -0.2) is 64.2 Å². The second-order valence-electron chi connectivity index (χ2n) is 7.51. The van der Waals surface area contributed by atoms with Gasteiger partial charge in [0.05, 0.1) is 33.0 Å². The van der Waals surface area contributed by atoms with E-state index in [9.17, 15) is 0 Å². The zero-order valence-electron chi connectivity index (χ0n) is 17.7. The van der Waals surface area contributed by atoms with E-state index in [1.165, 1.54) is 0 Å². The molecule has 1 aromatic rings. The average Bonchev–Trinajstić information content (AvgIpc) is 2.55. The van der Waals surface area contributed by atoms with Gasteiger partial charge in [-0.3, -0.25) is 4.98 Å². The molecule has 10 heteroatoms. The van der Waals surface area contributed by atoms with Gasteiger partial charge in [0.25, 0.3) is 0 Å². The highest BCUT2D eigenvalue weighted by Crippen LogP contribution is 2.22. The summed E-state index contributed by atoms with van der Waals surface area (Å²) in [5, 5.41) is 0. The maximum atomic E-state index is 6.36. The van der Waals surface area contributed by atoms with Crippen LogP contribution in [0.15, 0.2) is 24.5 Å². The third-order valence-corrected chi connectivity index (χ3v) is 13.0. The molecule has 0 aromatic carbocycles. The van der Waals surface area contributed by atoms with Crippen LogP contribution in [0, 0.1) is 0 Å². The lowest BCUT2D eigenvalue weighted by Gasteiger charge is -2.37. The van der Waals surface area contributed by atoms with Crippen LogP contribution < -0.4 is 0 Å². The van der Waals surface area contributed by atoms with Gasteiger partial charge in [0.2, 0.25) is 0 Å². The number of pyridine rings is 1. The van der Waals surface area contributed by atoms with E-state index in [2.05, 4.69) is 4.98 Å². The molecule has 0 N–H and O–H groups in total. The minimum atomic E-state index is -2.40. The van der Waals surface area contributed by atoms with Gasteiger partial charge in [-0.2, -0.15) is 0 Å². The largest absolute Gasteiger partial charge is 0.415 e. The molecule has 0 aliphatic carbocycles. The first-order valence-electron chi connectivity index (χ1n) is 9.19. The Balaban J connectivity index is 2.42. The molecule has 0 aliphatic rings. The van der Waals surface area contributed by atoms with Crippen molar-refractivity contribution < 1.29 is 26.6 Å². The minimum Gasteiger partial charge on any atom is -0.415 e. The van der Waals surface area contributed by atoms with E-state index in [0.29, 0.717) is 33.0 Å². The van der Waals surface area contributed by atoms with Crippen molar-refractivity contribution in [3.8, 4) is 0 Å². The SMILES string of the molecule is COCCOCCO[Si](C)(C)O[Si](C)(C)O[Si](C)(C)OCc1cccnc1. The predicted octanol–water partition coefficient (Wildman–Crippen LogP) is 3.42. The van der Waals surface area contributed by atoms with Gasteiger partial charge in [-0.25, -0.2) is 0 Å². The van der Waals surface area contributed by atoms with Crippen molar-refractivity contribution in [3.63, 3.8) is 0 Å². The molecular weight excluding hydrogens is 398 g/mol. The summed E-state index contributed by atoms with van der Waals surface area (Å²) in [5.41, 5.74) is 1.04. The Morgan fingerprint density at radius 3 is 2.04 bits per heavy atom. The van der Waals surface area contributed by atoms with E-state index in [0.717, 1.165) is 5.56 Å². The second kappa shape index (κ2) is 11.5. The zero-order valence-corrected chi connectivity index (χ0v) is 20.7. The second-order valence-corrected chi connectivity index (χ2v) is 18.1. The van der Waals surface area contributed by atoms with E-state index in [1.807, 2.05) is 57.6 Å². The van der Waals surface area contributed by atoms with E-state index in [1.54, 1.807) is 13.3 Å². The molecule has 1 aromatic heterocycles. The van der Waals surface area contributed by atoms with Crippen LogP contribution in [-0.2, 0) is 33.2 Å². The highest BCUT2D eigenvalue weighted by atomic mass is 28.5. The number of methoxy groups -OCH3 is 1. The van der Waals surface area contributed by atoms with Crippen molar-refractivity contribution in [2.24, 2.45) is 0 Å². The summed E-state index contributed by atoms with van der Waals surface area (Å²) in [6, 6.07) is 3.90. The quantitative estimate of drug-likeness (QED) is 0.329. The van der Waals surface area contributed by atoms with E-state index < -0.39 is 25.7 Å². The topological polar surface area (TPSA) is 68.3 Å². The summed E-state index contributed by atoms with van der Waals surface area (Å²) in [5.74, 6) is 0. The van der Waals surface area contributed by atoms with Crippen LogP contribution in [0.3, 0.4) is 0 Å². The first-order valence-corrected chi connectivity index (χ1v) is 17.6. The van der Waals surface area contributed by atoms with Crippen molar-refractivity contribution in [2.45, 2.75) is 45.9 Å². The Hall–Kier alpha value is -0.439. The Kier molecular flexibility index (Phi) is 10.5. The summed E-state index contributed by atoms with van der Waals surface area (Å²) in [7, 11) is -5.39. The van der Waals surface area contributed by atoms with Crippen LogP contribution in [0.4, 0.5) is 0 Å². The van der Waals surface area contributed by atoms with E-state index in [4.69, 9.17) is 26.6 Å².